The van der Waals surface area contributed by atoms with E-state index < -0.39 is 0 Å². The topological polar surface area (TPSA) is 81.4 Å². The third kappa shape index (κ3) is 2.60. The van der Waals surface area contributed by atoms with E-state index in [1.54, 1.807) is 12.1 Å². The van der Waals surface area contributed by atoms with E-state index in [-0.39, 0.29) is 11.6 Å². The van der Waals surface area contributed by atoms with E-state index in [0.29, 0.717) is 18.1 Å². The SMILES string of the molecule is Cc1cc(CNC(=O)c2ncoc2-c2ccco2)c(C)o1. The molecular formula is C15H14N2O4. The van der Waals surface area contributed by atoms with E-state index >= 15 is 0 Å². The third-order valence-corrected chi connectivity index (χ3v) is 3.11. The lowest BCUT2D eigenvalue weighted by atomic mass is 10.2. The van der Waals surface area contributed by atoms with Gasteiger partial charge in [-0.2, -0.15) is 0 Å². The normalized spacial score (nSPS) is 10.8. The highest BCUT2D eigenvalue weighted by Gasteiger charge is 2.20. The van der Waals surface area contributed by atoms with Crippen molar-refractivity contribution >= 4 is 5.91 Å². The van der Waals surface area contributed by atoms with Crippen LogP contribution in [0, 0.1) is 13.8 Å². The van der Waals surface area contributed by atoms with Gasteiger partial charge in [-0.05, 0) is 32.0 Å². The van der Waals surface area contributed by atoms with Crippen LogP contribution in [0.1, 0.15) is 27.6 Å². The first-order valence-corrected chi connectivity index (χ1v) is 6.46. The van der Waals surface area contributed by atoms with Crippen molar-refractivity contribution in [3.63, 3.8) is 0 Å². The van der Waals surface area contributed by atoms with Crippen LogP contribution in [0.5, 0.6) is 0 Å². The van der Waals surface area contributed by atoms with Crippen LogP contribution >= 0.6 is 0 Å². The van der Waals surface area contributed by atoms with Crippen LogP contribution in [-0.4, -0.2) is 10.9 Å². The van der Waals surface area contributed by atoms with Gasteiger partial charge < -0.3 is 18.6 Å². The van der Waals surface area contributed by atoms with Crippen LogP contribution in [0.4, 0.5) is 0 Å². The number of carbonyl (C=O) groups is 1. The second-order valence-corrected chi connectivity index (χ2v) is 4.63. The summed E-state index contributed by atoms with van der Waals surface area (Å²) >= 11 is 0. The molecular weight excluding hydrogens is 272 g/mol. The van der Waals surface area contributed by atoms with Gasteiger partial charge in [0.1, 0.15) is 11.5 Å². The van der Waals surface area contributed by atoms with Crippen molar-refractivity contribution in [2.75, 3.05) is 0 Å². The Labute approximate surface area is 120 Å². The number of aromatic nitrogens is 1. The van der Waals surface area contributed by atoms with E-state index in [9.17, 15) is 4.79 Å². The Bertz CT molecular complexity index is 753. The van der Waals surface area contributed by atoms with Crippen LogP contribution in [-0.2, 0) is 6.54 Å². The fourth-order valence-corrected chi connectivity index (χ4v) is 2.11. The van der Waals surface area contributed by atoms with Gasteiger partial charge in [0.05, 0.1) is 6.26 Å². The summed E-state index contributed by atoms with van der Waals surface area (Å²) in [5, 5.41) is 2.79. The summed E-state index contributed by atoms with van der Waals surface area (Å²) in [6.07, 6.45) is 2.73. The fraction of sp³-hybridized carbons (Fsp3) is 0.200. The molecule has 21 heavy (non-hydrogen) atoms. The van der Waals surface area contributed by atoms with Crippen molar-refractivity contribution in [2.24, 2.45) is 0 Å². The molecule has 0 aliphatic carbocycles. The molecule has 0 aromatic carbocycles. The number of nitrogens with one attached hydrogen (secondary N) is 1. The molecule has 0 aliphatic heterocycles. The molecule has 3 aromatic heterocycles. The molecule has 0 unspecified atom stereocenters. The Morgan fingerprint density at radius 1 is 1.33 bits per heavy atom. The Hall–Kier alpha value is -2.76. The van der Waals surface area contributed by atoms with Crippen molar-refractivity contribution in [1.29, 1.82) is 0 Å². The highest BCUT2D eigenvalue weighted by molar-refractivity contribution is 5.97. The van der Waals surface area contributed by atoms with Gasteiger partial charge in [0.2, 0.25) is 5.76 Å². The Balaban J connectivity index is 1.75. The molecule has 3 rings (SSSR count). The number of carbonyl (C=O) groups excluding carboxylic acids is 1. The van der Waals surface area contributed by atoms with E-state index in [1.807, 2.05) is 19.9 Å². The Morgan fingerprint density at radius 3 is 2.86 bits per heavy atom. The molecule has 0 saturated heterocycles. The lowest BCUT2D eigenvalue weighted by molar-refractivity contribution is 0.0946. The average Bonchev–Trinajstić information content (AvgIpc) is 3.16. The summed E-state index contributed by atoms with van der Waals surface area (Å²) in [7, 11) is 0. The third-order valence-electron chi connectivity index (χ3n) is 3.11. The van der Waals surface area contributed by atoms with Crippen LogP contribution < -0.4 is 5.32 Å². The fourth-order valence-electron chi connectivity index (χ4n) is 2.11. The molecule has 0 bridgehead atoms. The Kier molecular flexibility index (Phi) is 3.35. The lowest BCUT2D eigenvalue weighted by Crippen LogP contribution is -2.23. The smallest absolute Gasteiger partial charge is 0.274 e. The van der Waals surface area contributed by atoms with E-state index in [2.05, 4.69) is 10.3 Å². The zero-order chi connectivity index (χ0) is 14.8. The number of hydrogen-bond donors (Lipinski definition) is 1. The number of aryl methyl sites for hydroxylation is 2. The quantitative estimate of drug-likeness (QED) is 0.797. The number of furan rings is 2. The van der Waals surface area contributed by atoms with Crippen LogP contribution in [0.25, 0.3) is 11.5 Å². The first-order chi connectivity index (χ1) is 10.1. The summed E-state index contributed by atoms with van der Waals surface area (Å²) < 4.78 is 15.9. The number of hydrogen-bond acceptors (Lipinski definition) is 5. The lowest BCUT2D eigenvalue weighted by Gasteiger charge is -2.02. The molecule has 6 nitrogen and oxygen atoms in total. The van der Waals surface area contributed by atoms with Gasteiger partial charge in [-0.15, -0.1) is 0 Å². The predicted molar refractivity (Wildman–Crippen MR) is 73.6 cm³/mol. The van der Waals surface area contributed by atoms with Gasteiger partial charge in [-0.3, -0.25) is 4.79 Å². The number of amides is 1. The van der Waals surface area contributed by atoms with Gasteiger partial charge in [-0.1, -0.05) is 0 Å². The first-order valence-electron chi connectivity index (χ1n) is 6.46. The molecule has 3 heterocycles. The van der Waals surface area contributed by atoms with Crippen LogP contribution in [0.2, 0.25) is 0 Å². The molecule has 0 saturated carbocycles. The average molecular weight is 286 g/mol. The first kappa shape index (κ1) is 13.2. The van der Waals surface area contributed by atoms with Gasteiger partial charge in [0.15, 0.2) is 17.8 Å². The monoisotopic (exact) mass is 286 g/mol. The highest BCUT2D eigenvalue weighted by Crippen LogP contribution is 2.23. The maximum Gasteiger partial charge on any atom is 0.274 e. The molecule has 1 N–H and O–H groups in total. The molecule has 0 atom stereocenters. The minimum Gasteiger partial charge on any atom is -0.466 e. The maximum atomic E-state index is 12.2. The minimum absolute atomic E-state index is 0.197. The summed E-state index contributed by atoms with van der Waals surface area (Å²) in [6.45, 7) is 4.09. The molecule has 6 heteroatoms. The van der Waals surface area contributed by atoms with E-state index in [4.69, 9.17) is 13.3 Å². The second-order valence-electron chi connectivity index (χ2n) is 4.63. The van der Waals surface area contributed by atoms with Gasteiger partial charge in [0, 0.05) is 12.1 Å². The number of nitrogens with zero attached hydrogens (tertiary/aromatic N) is 1. The van der Waals surface area contributed by atoms with Gasteiger partial charge in [0.25, 0.3) is 5.91 Å². The van der Waals surface area contributed by atoms with Crippen molar-refractivity contribution < 1.29 is 18.0 Å². The highest BCUT2D eigenvalue weighted by atomic mass is 16.4. The second kappa shape index (κ2) is 5.32. The predicted octanol–water partition coefficient (Wildman–Crippen LogP) is 3.07. The van der Waals surface area contributed by atoms with Crippen molar-refractivity contribution in [3.8, 4) is 11.5 Å². The molecule has 0 fully saturated rings. The summed E-state index contributed by atoms with van der Waals surface area (Å²) in [5.74, 6) is 2.06. The van der Waals surface area contributed by atoms with Crippen molar-refractivity contribution in [3.05, 3.63) is 53.6 Å². The van der Waals surface area contributed by atoms with E-state index in [1.165, 1.54) is 12.7 Å². The molecule has 3 aromatic rings. The molecule has 1 amide bonds. The van der Waals surface area contributed by atoms with Gasteiger partial charge >= 0.3 is 0 Å². The summed E-state index contributed by atoms with van der Waals surface area (Å²) in [4.78, 5) is 16.2. The molecule has 0 spiro atoms. The molecule has 0 radical (unpaired) electrons. The minimum atomic E-state index is -0.326. The van der Waals surface area contributed by atoms with Crippen molar-refractivity contribution in [2.45, 2.75) is 20.4 Å². The zero-order valence-electron chi connectivity index (χ0n) is 11.7. The van der Waals surface area contributed by atoms with Crippen LogP contribution in [0.15, 0.2) is 44.1 Å². The molecule has 0 aliphatic rings. The van der Waals surface area contributed by atoms with Crippen molar-refractivity contribution in [1.82, 2.24) is 10.3 Å². The number of oxazole rings is 1. The molecule has 108 valence electrons. The van der Waals surface area contributed by atoms with Crippen LogP contribution in [0.3, 0.4) is 0 Å². The Morgan fingerprint density at radius 2 is 2.19 bits per heavy atom. The summed E-state index contributed by atoms with van der Waals surface area (Å²) in [6, 6.07) is 5.32. The standard InChI is InChI=1S/C15H14N2O4/c1-9-6-11(10(2)21-9)7-16-15(18)13-14(20-8-17-13)12-4-3-5-19-12/h3-6,8H,7H2,1-2H3,(H,16,18). The zero-order valence-corrected chi connectivity index (χ0v) is 11.7. The van der Waals surface area contributed by atoms with E-state index in [0.717, 1.165) is 17.1 Å². The maximum absolute atomic E-state index is 12.2. The largest absolute Gasteiger partial charge is 0.466 e. The van der Waals surface area contributed by atoms with Gasteiger partial charge in [-0.25, -0.2) is 4.98 Å². The summed E-state index contributed by atoms with van der Waals surface area (Å²) in [5.41, 5.74) is 1.13. The number of rotatable bonds is 4.